The van der Waals surface area contributed by atoms with E-state index >= 15 is 0 Å². The van der Waals surface area contributed by atoms with Crippen molar-refractivity contribution in [1.29, 1.82) is 0 Å². The van der Waals surface area contributed by atoms with Gasteiger partial charge < -0.3 is 0 Å². The molecule has 11 aromatic rings. The van der Waals surface area contributed by atoms with Crippen molar-refractivity contribution >= 4 is 99.1 Å². The Labute approximate surface area is 411 Å². The molecule has 11 rings (SSSR count). The molecule has 0 bridgehead atoms. The molecular formula is C60H33Cl3S3. The van der Waals surface area contributed by atoms with Gasteiger partial charge in [-0.25, -0.2) is 0 Å². The van der Waals surface area contributed by atoms with Crippen molar-refractivity contribution in [2.24, 2.45) is 0 Å². The fourth-order valence-electron chi connectivity index (χ4n) is 7.48. The first kappa shape index (κ1) is 43.1. The minimum absolute atomic E-state index is 0.308. The van der Waals surface area contributed by atoms with Gasteiger partial charge in [0.1, 0.15) is 0 Å². The smallest absolute Gasteiger partial charge is 0.0750 e. The average Bonchev–Trinajstić information content (AvgIpc) is 4.14. The Morgan fingerprint density at radius 2 is 0.500 bits per heavy atom. The largest absolute Gasteiger partial charge is 0.134 e. The summed E-state index contributed by atoms with van der Waals surface area (Å²) in [6, 6.07) is 68.3. The summed E-state index contributed by atoms with van der Waals surface area (Å²) in [5.41, 5.74) is 7.73. The molecule has 0 amide bonds. The summed E-state index contributed by atoms with van der Waals surface area (Å²) in [4.78, 5) is 4.00. The first-order chi connectivity index (χ1) is 32.5. The molecule has 0 fully saturated rings. The van der Waals surface area contributed by atoms with Gasteiger partial charge in [-0.3, -0.25) is 0 Å². The Morgan fingerprint density at radius 3 is 0.742 bits per heavy atom. The molecule has 0 aliphatic carbocycles. The lowest BCUT2D eigenvalue weighted by Gasteiger charge is -2.09. The minimum atomic E-state index is 0.308. The lowest BCUT2D eigenvalue weighted by Crippen LogP contribution is -1.94. The molecule has 0 nitrogen and oxygen atoms in total. The molecule has 8 aromatic carbocycles. The van der Waals surface area contributed by atoms with Crippen LogP contribution < -0.4 is 0 Å². The number of fused-ring (bicyclic) bond motifs is 6. The highest BCUT2D eigenvalue weighted by atomic mass is 35.5. The summed E-state index contributed by atoms with van der Waals surface area (Å²) in [5.74, 6) is 18.6. The second kappa shape index (κ2) is 19.7. The molecule has 0 saturated heterocycles. The molecular weight excluding hydrogens is 923 g/mol. The Morgan fingerprint density at radius 1 is 0.273 bits per heavy atom. The van der Waals surface area contributed by atoms with Crippen molar-refractivity contribution < 1.29 is 0 Å². The fraction of sp³-hybridized carbons (Fsp3) is 0. The van der Waals surface area contributed by atoms with Gasteiger partial charge in [0.05, 0.1) is 31.8 Å². The summed E-state index contributed by atoms with van der Waals surface area (Å²) in [6.07, 6.45) is 0. The van der Waals surface area contributed by atoms with Crippen LogP contribution in [0, 0.1) is 35.5 Å². The molecule has 0 aliphatic rings. The van der Waals surface area contributed by atoms with Crippen molar-refractivity contribution in [2.75, 3.05) is 0 Å². The van der Waals surface area contributed by atoms with E-state index in [1.807, 2.05) is 125 Å². The quantitative estimate of drug-likeness (QED) is 0.155. The normalized spacial score (nSPS) is 10.6. The van der Waals surface area contributed by atoms with Crippen LogP contribution in [0.25, 0.3) is 61.6 Å². The fourth-order valence-corrected chi connectivity index (χ4v) is 12.2. The first-order valence-corrected chi connectivity index (χ1v) is 24.6. The zero-order chi connectivity index (χ0) is 44.8. The van der Waals surface area contributed by atoms with E-state index in [-0.39, 0.29) is 0 Å². The topological polar surface area (TPSA) is 0 Å². The van der Waals surface area contributed by atoms with Gasteiger partial charge in [-0.05, 0) is 71.3 Å². The van der Waals surface area contributed by atoms with E-state index in [9.17, 15) is 0 Å². The van der Waals surface area contributed by atoms with Gasteiger partial charge in [0.15, 0.2) is 0 Å². The monoisotopic (exact) mass is 954 g/mol. The van der Waals surface area contributed by atoms with Gasteiger partial charge in [0.25, 0.3) is 0 Å². The first-order valence-electron chi connectivity index (χ1n) is 21.0. The molecule has 0 radical (unpaired) electrons. The van der Waals surface area contributed by atoms with E-state index in [0.29, 0.717) is 31.8 Å². The van der Waals surface area contributed by atoms with Gasteiger partial charge >= 0.3 is 0 Å². The maximum Gasteiger partial charge on any atom is 0.0750 e. The molecule has 0 atom stereocenters. The predicted octanol–water partition coefficient (Wildman–Crippen LogP) is 18.2. The van der Waals surface area contributed by atoms with Gasteiger partial charge in [-0.1, -0.05) is 216 Å². The van der Waals surface area contributed by atoms with Gasteiger partial charge in [0, 0.05) is 61.6 Å². The van der Waals surface area contributed by atoms with Crippen molar-refractivity contribution in [3.05, 3.63) is 249 Å². The maximum absolute atomic E-state index is 6.72. The average molecular weight is 956 g/mol. The zero-order valence-electron chi connectivity index (χ0n) is 34.9. The highest BCUT2D eigenvalue weighted by Gasteiger charge is 2.20. The van der Waals surface area contributed by atoms with Gasteiger partial charge in [0.2, 0.25) is 0 Å². The molecule has 0 N–H and O–H groups in total. The van der Waals surface area contributed by atoms with Crippen molar-refractivity contribution in [3.8, 4) is 66.8 Å². The van der Waals surface area contributed by atoms with E-state index < -0.39 is 0 Å². The third-order valence-electron chi connectivity index (χ3n) is 10.7. The van der Waals surface area contributed by atoms with E-state index in [0.717, 1.165) is 16.7 Å². The van der Waals surface area contributed by atoms with Crippen LogP contribution >= 0.6 is 68.8 Å². The number of hydrogen-bond donors (Lipinski definition) is 0. The summed E-state index contributed by atoms with van der Waals surface area (Å²) >= 11 is 25.9. The van der Waals surface area contributed by atoms with Crippen LogP contribution in [0.4, 0.5) is 0 Å². The predicted molar refractivity (Wildman–Crippen MR) is 288 cm³/mol. The molecule has 312 valence electrons. The maximum atomic E-state index is 6.72. The molecule has 0 saturated carbocycles. The number of thiophene rings is 3. The number of halogens is 3. The Kier molecular flexibility index (Phi) is 12.9. The second-order valence-corrected chi connectivity index (χ2v) is 19.4. The van der Waals surface area contributed by atoms with E-state index in [4.69, 9.17) is 34.8 Å². The standard InChI is InChI=1S/C30H15Cl3.C30H18S3/c31-28-25(19-16-22-10-4-1-5-11-22)29(32)27(21-18-24-14-8-3-9-15-24)30(33)26(28)20-17-23-12-6-2-7-13-23;1-4-10-19(11-5-1)25-16-22-28(31-25)23-17-26(20-12-6-2-7-13-20)33-30(23)24-18-27(32-29(22)24)21-14-8-3-9-15-21/h1-15H;1-18H. The molecule has 3 aromatic heterocycles. The number of hydrogen-bond acceptors (Lipinski definition) is 3. The Hall–Kier alpha value is -6.81. The highest BCUT2D eigenvalue weighted by molar-refractivity contribution is 7.29. The van der Waals surface area contributed by atoms with E-state index in [1.165, 1.54) is 61.6 Å². The molecule has 0 unspecified atom stereocenters. The lowest BCUT2D eigenvalue weighted by atomic mass is 10.0. The molecule has 3 heterocycles. The van der Waals surface area contributed by atoms with E-state index in [1.54, 1.807) is 0 Å². The number of benzene rings is 8. The summed E-state index contributed by atoms with van der Waals surface area (Å²) in [6.45, 7) is 0. The van der Waals surface area contributed by atoms with Crippen LogP contribution in [-0.2, 0) is 0 Å². The zero-order valence-corrected chi connectivity index (χ0v) is 39.6. The lowest BCUT2D eigenvalue weighted by molar-refractivity contribution is 1.54. The van der Waals surface area contributed by atoms with E-state index in [2.05, 4.69) is 145 Å². The van der Waals surface area contributed by atoms with Crippen LogP contribution in [0.3, 0.4) is 0 Å². The Balaban J connectivity index is 0.000000155. The highest BCUT2D eigenvalue weighted by Crippen LogP contribution is 2.50. The van der Waals surface area contributed by atoms with Crippen LogP contribution in [0.2, 0.25) is 15.1 Å². The number of rotatable bonds is 3. The van der Waals surface area contributed by atoms with Crippen molar-refractivity contribution in [1.82, 2.24) is 0 Å². The van der Waals surface area contributed by atoms with Crippen LogP contribution in [-0.4, -0.2) is 0 Å². The summed E-state index contributed by atoms with van der Waals surface area (Å²) in [7, 11) is 0. The van der Waals surface area contributed by atoms with Gasteiger partial charge in [-0.15, -0.1) is 34.0 Å². The minimum Gasteiger partial charge on any atom is -0.134 e. The van der Waals surface area contributed by atoms with Crippen molar-refractivity contribution in [2.45, 2.75) is 0 Å². The third-order valence-corrected chi connectivity index (χ3v) is 15.5. The molecule has 0 aliphatic heterocycles. The van der Waals surface area contributed by atoms with Crippen LogP contribution in [0.5, 0.6) is 0 Å². The second-order valence-electron chi connectivity index (χ2n) is 15.1. The molecule has 0 spiro atoms. The van der Waals surface area contributed by atoms with Crippen LogP contribution in [0.15, 0.2) is 200 Å². The SMILES string of the molecule is Clc1c(C#Cc2ccccc2)c(Cl)c(C#Cc2ccccc2)c(Cl)c1C#Cc1ccccc1.c1ccc(-c2cc3c(s2)c2cc(-c4ccccc4)sc2c2cc(-c4ccccc4)sc32)cc1. The van der Waals surface area contributed by atoms with Crippen LogP contribution in [0.1, 0.15) is 33.4 Å². The molecule has 66 heavy (non-hydrogen) atoms. The van der Waals surface area contributed by atoms with Gasteiger partial charge in [-0.2, -0.15) is 0 Å². The molecule has 6 heteroatoms. The Bertz CT molecular complexity index is 3200. The summed E-state index contributed by atoms with van der Waals surface area (Å²) < 4.78 is 4.20. The van der Waals surface area contributed by atoms with Crippen molar-refractivity contribution in [3.63, 3.8) is 0 Å². The summed E-state index contributed by atoms with van der Waals surface area (Å²) in [5, 5.41) is 5.06. The third kappa shape index (κ3) is 9.19.